The van der Waals surface area contributed by atoms with Crippen LogP contribution in [0.5, 0.6) is 5.75 Å². The smallest absolute Gasteiger partial charge is 0.167 e. The van der Waals surface area contributed by atoms with Crippen LogP contribution < -0.4 is 0 Å². The van der Waals surface area contributed by atoms with E-state index in [-0.39, 0.29) is 5.75 Å². The molecule has 2 nitrogen and oxygen atoms in total. The number of hydrogen-bond donors (Lipinski definition) is 1. The lowest BCUT2D eigenvalue weighted by Gasteiger charge is -2.31. The molecule has 0 radical (unpaired) electrons. The van der Waals surface area contributed by atoms with Crippen LogP contribution in [0.15, 0.2) is 51.8 Å². The van der Waals surface area contributed by atoms with Crippen molar-refractivity contribution < 1.29 is 9.50 Å². The van der Waals surface area contributed by atoms with E-state index in [1.54, 1.807) is 18.0 Å². The van der Waals surface area contributed by atoms with Gasteiger partial charge in [0.15, 0.2) is 11.6 Å². The first-order chi connectivity index (χ1) is 10.6. The largest absolute Gasteiger partial charge is 0.504 e. The number of aromatic hydroxyl groups is 1. The van der Waals surface area contributed by atoms with Crippen LogP contribution in [0.3, 0.4) is 0 Å². The topological polar surface area (TPSA) is 23.5 Å². The summed E-state index contributed by atoms with van der Waals surface area (Å²) in [6.07, 6.45) is 2.22. The van der Waals surface area contributed by atoms with Crippen LogP contribution in [0, 0.1) is 5.82 Å². The predicted octanol–water partition coefficient (Wildman–Crippen LogP) is 5.18. The number of nitrogens with zero attached hydrogens (tertiary/aromatic N) is 1. The molecular weight excluding hydrogens is 365 g/mol. The second-order valence-electron chi connectivity index (χ2n) is 5.44. The van der Waals surface area contributed by atoms with Gasteiger partial charge in [0.1, 0.15) is 0 Å². The first kappa shape index (κ1) is 15.8. The van der Waals surface area contributed by atoms with Crippen molar-refractivity contribution in [2.75, 3.05) is 13.1 Å². The molecule has 0 aromatic heterocycles. The van der Waals surface area contributed by atoms with Gasteiger partial charge in [-0.25, -0.2) is 8.70 Å². The molecule has 1 aliphatic rings. The number of phenols is 1. The molecule has 22 heavy (non-hydrogen) atoms. The van der Waals surface area contributed by atoms with Crippen LogP contribution in [0.4, 0.5) is 4.39 Å². The summed E-state index contributed by atoms with van der Waals surface area (Å²) in [6, 6.07) is 13.8. The second kappa shape index (κ2) is 7.02. The third-order valence-electron chi connectivity index (χ3n) is 3.95. The Morgan fingerprint density at radius 1 is 1.14 bits per heavy atom. The number of rotatable bonds is 3. The minimum atomic E-state index is -0.587. The minimum absolute atomic E-state index is 0.327. The molecule has 116 valence electrons. The molecule has 1 heterocycles. The summed E-state index contributed by atoms with van der Waals surface area (Å²) in [5.74, 6) is -0.301. The Labute approximate surface area is 142 Å². The number of halogens is 2. The molecule has 0 aliphatic carbocycles. The van der Waals surface area contributed by atoms with Gasteiger partial charge in [0.05, 0.1) is 4.47 Å². The molecule has 1 aliphatic heterocycles. The zero-order chi connectivity index (χ0) is 15.5. The number of hydrogen-bond acceptors (Lipinski definition) is 3. The molecule has 0 saturated carbocycles. The molecule has 1 fully saturated rings. The Kier molecular flexibility index (Phi) is 5.06. The van der Waals surface area contributed by atoms with Crippen molar-refractivity contribution in [1.82, 2.24) is 4.31 Å². The normalized spacial score (nSPS) is 16.8. The Morgan fingerprint density at radius 3 is 2.45 bits per heavy atom. The van der Waals surface area contributed by atoms with Gasteiger partial charge in [-0.1, -0.05) is 30.3 Å². The molecule has 1 saturated heterocycles. The summed E-state index contributed by atoms with van der Waals surface area (Å²) in [5, 5.41) is 9.45. The summed E-state index contributed by atoms with van der Waals surface area (Å²) in [7, 11) is 0. The summed E-state index contributed by atoms with van der Waals surface area (Å²) in [5.41, 5.74) is 1.41. The van der Waals surface area contributed by atoms with Crippen LogP contribution in [-0.4, -0.2) is 22.5 Å². The fourth-order valence-electron chi connectivity index (χ4n) is 2.75. The van der Waals surface area contributed by atoms with E-state index in [4.69, 9.17) is 0 Å². The van der Waals surface area contributed by atoms with E-state index in [9.17, 15) is 9.50 Å². The van der Waals surface area contributed by atoms with Gasteiger partial charge >= 0.3 is 0 Å². The third-order valence-corrected chi connectivity index (χ3v) is 5.62. The Bertz CT molecular complexity index is 621. The molecular formula is C17H17BrFNOS. The standard InChI is InChI=1S/C17H17BrFNOS/c18-15-10-14(11-16(19)17(15)21)22-20-8-6-13(7-9-20)12-4-2-1-3-5-12/h1-5,10-11,13,21H,6-9H2. The average Bonchev–Trinajstić information content (AvgIpc) is 2.54. The summed E-state index contributed by atoms with van der Waals surface area (Å²) in [6.45, 7) is 1.95. The molecule has 5 heteroatoms. The van der Waals surface area contributed by atoms with E-state index in [0.29, 0.717) is 10.4 Å². The van der Waals surface area contributed by atoms with Gasteiger partial charge in [-0.3, -0.25) is 0 Å². The van der Waals surface area contributed by atoms with Gasteiger partial charge in [-0.05, 0) is 64.3 Å². The quantitative estimate of drug-likeness (QED) is 0.740. The SMILES string of the molecule is Oc1c(F)cc(SN2CCC(c3ccccc3)CC2)cc1Br. The van der Waals surface area contributed by atoms with Gasteiger partial charge in [0, 0.05) is 18.0 Å². The minimum Gasteiger partial charge on any atom is -0.504 e. The second-order valence-corrected chi connectivity index (χ2v) is 7.47. The van der Waals surface area contributed by atoms with Crippen molar-refractivity contribution in [2.24, 2.45) is 0 Å². The van der Waals surface area contributed by atoms with E-state index in [2.05, 4.69) is 44.5 Å². The van der Waals surface area contributed by atoms with Crippen LogP contribution >= 0.6 is 27.9 Å². The van der Waals surface area contributed by atoms with Crippen LogP contribution in [0.2, 0.25) is 0 Å². The number of piperidine rings is 1. The molecule has 0 bridgehead atoms. The highest BCUT2D eigenvalue weighted by molar-refractivity contribution is 9.10. The van der Waals surface area contributed by atoms with Crippen LogP contribution in [0.25, 0.3) is 0 Å². The van der Waals surface area contributed by atoms with E-state index in [0.717, 1.165) is 30.8 Å². The van der Waals surface area contributed by atoms with Gasteiger partial charge < -0.3 is 5.11 Å². The van der Waals surface area contributed by atoms with Gasteiger partial charge in [0.25, 0.3) is 0 Å². The third kappa shape index (κ3) is 3.65. The maximum absolute atomic E-state index is 13.6. The first-order valence-electron chi connectivity index (χ1n) is 7.29. The lowest BCUT2D eigenvalue weighted by Crippen LogP contribution is -2.27. The van der Waals surface area contributed by atoms with E-state index < -0.39 is 5.82 Å². The molecule has 0 atom stereocenters. The van der Waals surface area contributed by atoms with Crippen molar-refractivity contribution in [1.29, 1.82) is 0 Å². The molecule has 0 spiro atoms. The highest BCUT2D eigenvalue weighted by atomic mass is 79.9. The van der Waals surface area contributed by atoms with Gasteiger partial charge in [-0.15, -0.1) is 0 Å². The number of phenolic OH excluding ortho intramolecular Hbond substituents is 1. The molecule has 1 N–H and O–H groups in total. The zero-order valence-corrected chi connectivity index (χ0v) is 14.4. The summed E-state index contributed by atoms with van der Waals surface area (Å²) in [4.78, 5) is 0.806. The molecule has 0 amide bonds. The Balaban J connectivity index is 1.60. The van der Waals surface area contributed by atoms with Crippen molar-refractivity contribution in [3.8, 4) is 5.75 Å². The number of benzene rings is 2. The van der Waals surface area contributed by atoms with E-state index in [1.165, 1.54) is 11.6 Å². The molecule has 0 unspecified atom stereocenters. The summed E-state index contributed by atoms with van der Waals surface area (Å²) < 4.78 is 16.2. The lowest BCUT2D eigenvalue weighted by atomic mass is 9.90. The summed E-state index contributed by atoms with van der Waals surface area (Å²) >= 11 is 4.73. The highest BCUT2D eigenvalue weighted by Crippen LogP contribution is 2.36. The molecule has 3 rings (SSSR count). The van der Waals surface area contributed by atoms with Crippen molar-refractivity contribution in [2.45, 2.75) is 23.7 Å². The Morgan fingerprint density at radius 2 is 1.82 bits per heavy atom. The monoisotopic (exact) mass is 381 g/mol. The molecule has 2 aromatic carbocycles. The van der Waals surface area contributed by atoms with E-state index in [1.807, 2.05) is 6.07 Å². The van der Waals surface area contributed by atoms with Crippen LogP contribution in [-0.2, 0) is 0 Å². The fraction of sp³-hybridized carbons (Fsp3) is 0.294. The van der Waals surface area contributed by atoms with Crippen molar-refractivity contribution in [3.63, 3.8) is 0 Å². The fourth-order valence-corrected chi connectivity index (χ4v) is 4.36. The van der Waals surface area contributed by atoms with Gasteiger partial charge in [-0.2, -0.15) is 0 Å². The van der Waals surface area contributed by atoms with E-state index >= 15 is 0 Å². The molecule has 2 aromatic rings. The van der Waals surface area contributed by atoms with Crippen LogP contribution in [0.1, 0.15) is 24.3 Å². The first-order valence-corrected chi connectivity index (χ1v) is 8.86. The van der Waals surface area contributed by atoms with Crippen molar-refractivity contribution >= 4 is 27.9 Å². The maximum atomic E-state index is 13.6. The van der Waals surface area contributed by atoms with Gasteiger partial charge in [0.2, 0.25) is 0 Å². The lowest BCUT2D eigenvalue weighted by molar-refractivity contribution is 0.346. The maximum Gasteiger partial charge on any atom is 0.167 e. The predicted molar refractivity (Wildman–Crippen MR) is 91.6 cm³/mol. The van der Waals surface area contributed by atoms with Crippen molar-refractivity contribution in [3.05, 3.63) is 58.3 Å². The highest BCUT2D eigenvalue weighted by Gasteiger charge is 2.21. The Hall–Kier alpha value is -1.04. The average molecular weight is 382 g/mol. The zero-order valence-electron chi connectivity index (χ0n) is 12.0.